The van der Waals surface area contributed by atoms with E-state index in [9.17, 15) is 5.11 Å². The second-order valence-electron chi connectivity index (χ2n) is 3.18. The maximum absolute atomic E-state index is 9.93. The number of azo groups is 1. The number of hydrogen-bond donors (Lipinski definition) is 2. The van der Waals surface area contributed by atoms with Crippen molar-refractivity contribution in [3.63, 3.8) is 0 Å². The number of nitrogen functional groups attached to an aromatic ring is 1. The van der Waals surface area contributed by atoms with Crippen LogP contribution >= 0.6 is 0 Å². The van der Waals surface area contributed by atoms with Crippen LogP contribution in [0.2, 0.25) is 0 Å². The van der Waals surface area contributed by atoms with E-state index in [2.05, 4.69) is 10.2 Å². The van der Waals surface area contributed by atoms with E-state index >= 15 is 0 Å². The van der Waals surface area contributed by atoms with Crippen molar-refractivity contribution in [3.8, 4) is 5.75 Å². The van der Waals surface area contributed by atoms with Crippen molar-refractivity contribution in [1.29, 1.82) is 0 Å². The molecule has 19 heavy (non-hydrogen) atoms. The highest BCUT2D eigenvalue weighted by atomic mass is 16.3. The highest BCUT2D eigenvalue weighted by Gasteiger charge is 2.07. The van der Waals surface area contributed by atoms with E-state index in [1.54, 1.807) is 19.2 Å². The predicted molar refractivity (Wildman–Crippen MR) is 83.2 cm³/mol. The minimum atomic E-state index is 0.0798. The highest BCUT2D eigenvalue weighted by molar-refractivity contribution is 6.00. The first kappa shape index (κ1) is 16.9. The molecule has 0 unspecified atom stereocenters. The Morgan fingerprint density at radius 3 is 2.21 bits per heavy atom. The summed E-state index contributed by atoms with van der Waals surface area (Å²) < 4.78 is 0. The van der Waals surface area contributed by atoms with Crippen molar-refractivity contribution in [2.75, 3.05) is 12.8 Å². The number of phenolic OH excluding ortho intramolecular Hbond substituents is 1. The lowest BCUT2D eigenvalue weighted by atomic mass is 10.1. The minimum absolute atomic E-state index is 0.0798. The van der Waals surface area contributed by atoms with Gasteiger partial charge in [-0.2, -0.15) is 10.2 Å². The molecular weight excluding hydrogens is 238 g/mol. The summed E-state index contributed by atoms with van der Waals surface area (Å²) in [6.45, 7) is 8.00. The molecule has 0 saturated carbocycles. The van der Waals surface area contributed by atoms with Gasteiger partial charge in [-0.15, -0.1) is 0 Å². The fourth-order valence-corrected chi connectivity index (χ4v) is 1.57. The van der Waals surface area contributed by atoms with Crippen molar-refractivity contribution in [3.05, 3.63) is 30.3 Å². The molecule has 4 nitrogen and oxygen atoms in total. The minimum Gasteiger partial charge on any atom is -0.505 e. The summed E-state index contributed by atoms with van der Waals surface area (Å²) in [6.07, 6.45) is 0. The molecular formula is C15H23N3O. The van der Waals surface area contributed by atoms with Gasteiger partial charge in [0.25, 0.3) is 0 Å². The van der Waals surface area contributed by atoms with Gasteiger partial charge in [0.15, 0.2) is 5.75 Å². The van der Waals surface area contributed by atoms with Gasteiger partial charge in [0, 0.05) is 18.1 Å². The molecule has 0 saturated heterocycles. The molecule has 104 valence electrons. The third kappa shape index (κ3) is 3.95. The van der Waals surface area contributed by atoms with Crippen molar-refractivity contribution in [2.24, 2.45) is 10.2 Å². The number of benzene rings is 2. The molecule has 2 aromatic rings. The summed E-state index contributed by atoms with van der Waals surface area (Å²) in [4.78, 5) is 0. The maximum Gasteiger partial charge on any atom is 0.152 e. The lowest BCUT2D eigenvalue weighted by molar-refractivity contribution is 0.483. The largest absolute Gasteiger partial charge is 0.505 e. The zero-order chi connectivity index (χ0) is 14.8. The van der Waals surface area contributed by atoms with Gasteiger partial charge in [-0.25, -0.2) is 0 Å². The van der Waals surface area contributed by atoms with Gasteiger partial charge in [0.05, 0.1) is 0 Å². The molecule has 0 aliphatic rings. The molecule has 0 aromatic heterocycles. The van der Waals surface area contributed by atoms with Gasteiger partial charge in [0.2, 0.25) is 0 Å². The SMILES string of the molecule is CC.CC.CN=Nc1ccc2cccc(N)c2c1O. The number of rotatable bonds is 1. The molecule has 0 aliphatic carbocycles. The lowest BCUT2D eigenvalue weighted by Crippen LogP contribution is -1.86. The third-order valence-electron chi connectivity index (χ3n) is 2.24. The van der Waals surface area contributed by atoms with Crippen molar-refractivity contribution in [2.45, 2.75) is 27.7 Å². The number of nitrogens with zero attached hydrogens (tertiary/aromatic N) is 2. The molecule has 2 aromatic carbocycles. The molecule has 4 heteroatoms. The van der Waals surface area contributed by atoms with E-state index in [0.717, 1.165) is 5.39 Å². The number of hydrogen-bond acceptors (Lipinski definition) is 4. The van der Waals surface area contributed by atoms with Crippen LogP contribution in [0.15, 0.2) is 40.6 Å². The van der Waals surface area contributed by atoms with Crippen LogP contribution in [-0.2, 0) is 0 Å². The zero-order valence-electron chi connectivity index (χ0n) is 12.3. The van der Waals surface area contributed by atoms with E-state index in [4.69, 9.17) is 5.73 Å². The smallest absolute Gasteiger partial charge is 0.152 e. The second kappa shape index (κ2) is 8.91. The summed E-state index contributed by atoms with van der Waals surface area (Å²) in [5.74, 6) is 0.0798. The molecule has 0 radical (unpaired) electrons. The summed E-state index contributed by atoms with van der Waals surface area (Å²) >= 11 is 0. The Morgan fingerprint density at radius 1 is 1.00 bits per heavy atom. The summed E-state index contributed by atoms with van der Waals surface area (Å²) in [7, 11) is 1.55. The Kier molecular flexibility index (Phi) is 7.93. The Balaban J connectivity index is 0.000000741. The van der Waals surface area contributed by atoms with Gasteiger partial charge in [-0.1, -0.05) is 45.9 Å². The predicted octanol–water partition coefficient (Wildman–Crippen LogP) is 4.89. The van der Waals surface area contributed by atoms with Crippen LogP contribution in [0.5, 0.6) is 5.75 Å². The number of aromatic hydroxyl groups is 1. The summed E-state index contributed by atoms with van der Waals surface area (Å²) in [6, 6.07) is 9.05. The fourth-order valence-electron chi connectivity index (χ4n) is 1.57. The van der Waals surface area contributed by atoms with Crippen molar-refractivity contribution in [1.82, 2.24) is 0 Å². The fraction of sp³-hybridized carbons (Fsp3) is 0.333. The van der Waals surface area contributed by atoms with Crippen LogP contribution in [0, 0.1) is 0 Å². The lowest BCUT2D eigenvalue weighted by Gasteiger charge is -2.05. The Morgan fingerprint density at radius 2 is 1.63 bits per heavy atom. The molecule has 3 N–H and O–H groups in total. The molecule has 0 amide bonds. The van der Waals surface area contributed by atoms with Crippen LogP contribution < -0.4 is 5.73 Å². The monoisotopic (exact) mass is 261 g/mol. The normalized spacial score (nSPS) is 9.53. The van der Waals surface area contributed by atoms with Gasteiger partial charge < -0.3 is 10.8 Å². The van der Waals surface area contributed by atoms with Gasteiger partial charge in [-0.3, -0.25) is 0 Å². The van der Waals surface area contributed by atoms with Crippen molar-refractivity contribution >= 4 is 22.1 Å². The van der Waals surface area contributed by atoms with Crippen molar-refractivity contribution < 1.29 is 5.11 Å². The molecule has 0 bridgehead atoms. The van der Waals surface area contributed by atoms with E-state index in [0.29, 0.717) is 16.8 Å². The molecule has 0 spiro atoms. The number of nitrogens with two attached hydrogens (primary N) is 1. The molecule has 0 fully saturated rings. The third-order valence-corrected chi connectivity index (χ3v) is 2.24. The number of anilines is 1. The van der Waals surface area contributed by atoms with E-state index in [1.807, 2.05) is 45.9 Å². The molecule has 0 aliphatic heterocycles. The summed E-state index contributed by atoms with van der Waals surface area (Å²) in [5.41, 5.74) is 6.76. The first-order valence-electron chi connectivity index (χ1n) is 6.54. The second-order valence-corrected chi connectivity index (χ2v) is 3.18. The molecule has 0 atom stereocenters. The first-order valence-corrected chi connectivity index (χ1v) is 6.54. The molecule has 2 rings (SSSR count). The van der Waals surface area contributed by atoms with Crippen LogP contribution in [0.3, 0.4) is 0 Å². The average Bonchev–Trinajstić information content (AvgIpc) is 2.46. The highest BCUT2D eigenvalue weighted by Crippen LogP contribution is 2.37. The quantitative estimate of drug-likeness (QED) is 0.566. The Bertz CT molecular complexity index is 536. The van der Waals surface area contributed by atoms with Gasteiger partial charge in [-0.05, 0) is 17.5 Å². The number of fused-ring (bicyclic) bond motifs is 1. The zero-order valence-corrected chi connectivity index (χ0v) is 12.3. The topological polar surface area (TPSA) is 71.0 Å². The van der Waals surface area contributed by atoms with Gasteiger partial charge >= 0.3 is 0 Å². The maximum atomic E-state index is 9.93. The van der Waals surface area contributed by atoms with E-state index in [-0.39, 0.29) is 5.75 Å². The van der Waals surface area contributed by atoms with Crippen LogP contribution in [0.25, 0.3) is 10.8 Å². The van der Waals surface area contributed by atoms with Gasteiger partial charge in [0.1, 0.15) is 5.69 Å². The van der Waals surface area contributed by atoms with E-state index in [1.165, 1.54) is 0 Å². The average molecular weight is 261 g/mol. The van der Waals surface area contributed by atoms with Crippen LogP contribution in [0.4, 0.5) is 11.4 Å². The van der Waals surface area contributed by atoms with Crippen LogP contribution in [0.1, 0.15) is 27.7 Å². The Labute approximate surface area is 115 Å². The molecule has 0 heterocycles. The van der Waals surface area contributed by atoms with E-state index < -0.39 is 0 Å². The summed E-state index contributed by atoms with van der Waals surface area (Å²) in [5, 5.41) is 18.9. The standard InChI is InChI=1S/C11H11N3O.2C2H6/c1-13-14-9-6-5-7-3-2-4-8(12)10(7)11(9)15;2*1-2/h2-6,15H,12H2,1H3;2*1-2H3. The Hall–Kier alpha value is -2.10. The first-order chi connectivity index (χ1) is 9.24. The number of phenols is 1. The van der Waals surface area contributed by atoms with Crippen LogP contribution in [-0.4, -0.2) is 12.2 Å².